The fourth-order valence-electron chi connectivity index (χ4n) is 3.59. The zero-order chi connectivity index (χ0) is 15.1. The van der Waals surface area contributed by atoms with Crippen LogP contribution in [0.2, 0.25) is 0 Å². The highest BCUT2D eigenvalue weighted by Gasteiger charge is 2.41. The summed E-state index contributed by atoms with van der Waals surface area (Å²) < 4.78 is 11.5. The van der Waals surface area contributed by atoms with E-state index in [2.05, 4.69) is 33.4 Å². The average molecular weight is 319 g/mol. The minimum Gasteiger partial charge on any atom is -0.363 e. The molecule has 22 heavy (non-hydrogen) atoms. The van der Waals surface area contributed by atoms with E-state index < -0.39 is 0 Å². The first-order chi connectivity index (χ1) is 10.7. The highest BCUT2D eigenvalue weighted by molar-refractivity contribution is 7.10. The topological polar surface area (TPSA) is 51.4 Å². The normalized spacial score (nSPS) is 28.9. The zero-order valence-electron chi connectivity index (χ0n) is 13.0. The zero-order valence-corrected chi connectivity index (χ0v) is 13.8. The predicted octanol–water partition coefficient (Wildman–Crippen LogP) is 3.24. The summed E-state index contributed by atoms with van der Waals surface area (Å²) in [6, 6.07) is 2.74. The van der Waals surface area contributed by atoms with E-state index in [1.54, 1.807) is 0 Å². The molecule has 4 rings (SSSR count). The summed E-state index contributed by atoms with van der Waals surface area (Å²) in [4.78, 5) is 8.39. The smallest absolute Gasteiger partial charge is 0.255 e. The lowest BCUT2D eigenvalue weighted by atomic mass is 9.99. The monoisotopic (exact) mass is 319 g/mol. The van der Waals surface area contributed by atoms with Gasteiger partial charge in [0.1, 0.15) is 6.10 Å². The molecule has 3 atom stereocenters. The van der Waals surface area contributed by atoms with Crippen molar-refractivity contribution >= 4 is 11.3 Å². The van der Waals surface area contributed by atoms with Crippen LogP contribution in [-0.2, 0) is 11.3 Å². The van der Waals surface area contributed by atoms with Gasteiger partial charge in [0.25, 0.3) is 5.89 Å². The summed E-state index contributed by atoms with van der Waals surface area (Å²) >= 11 is 1.86. The van der Waals surface area contributed by atoms with Crippen molar-refractivity contribution in [3.05, 3.63) is 33.6 Å². The Balaban J connectivity index is 1.43. The number of ether oxygens (including phenoxy) is 1. The summed E-state index contributed by atoms with van der Waals surface area (Å²) in [6.07, 6.45) is 3.47. The molecule has 2 saturated heterocycles. The molecular weight excluding hydrogens is 298 g/mol. The molecule has 6 heteroatoms. The van der Waals surface area contributed by atoms with E-state index >= 15 is 0 Å². The number of aryl methyl sites for hydroxylation is 2. The van der Waals surface area contributed by atoms with Gasteiger partial charge in [-0.2, -0.15) is 4.98 Å². The minimum atomic E-state index is -0.0223. The highest BCUT2D eigenvalue weighted by Crippen LogP contribution is 2.38. The van der Waals surface area contributed by atoms with Gasteiger partial charge in [0.2, 0.25) is 0 Å². The molecule has 2 aliphatic rings. The second-order valence-corrected chi connectivity index (χ2v) is 7.27. The molecule has 0 aliphatic carbocycles. The molecule has 2 aliphatic heterocycles. The van der Waals surface area contributed by atoms with Crippen LogP contribution in [0.5, 0.6) is 0 Å². The van der Waals surface area contributed by atoms with Crippen molar-refractivity contribution < 1.29 is 9.26 Å². The molecule has 0 aromatic carbocycles. The molecule has 0 saturated carbocycles. The number of fused-ring (bicyclic) bond motifs is 1. The molecule has 0 radical (unpaired) electrons. The van der Waals surface area contributed by atoms with Crippen LogP contribution in [0.3, 0.4) is 0 Å². The highest BCUT2D eigenvalue weighted by atomic mass is 32.1. The van der Waals surface area contributed by atoms with Crippen LogP contribution < -0.4 is 0 Å². The van der Waals surface area contributed by atoms with Crippen molar-refractivity contribution in [2.45, 2.75) is 57.9 Å². The van der Waals surface area contributed by atoms with Crippen molar-refractivity contribution in [1.82, 2.24) is 15.0 Å². The number of rotatable bonds is 3. The van der Waals surface area contributed by atoms with Gasteiger partial charge in [0, 0.05) is 24.0 Å². The van der Waals surface area contributed by atoms with Crippen LogP contribution in [0.25, 0.3) is 0 Å². The summed E-state index contributed by atoms with van der Waals surface area (Å²) in [5.41, 5.74) is 1.41. The maximum Gasteiger partial charge on any atom is 0.255 e. The van der Waals surface area contributed by atoms with Gasteiger partial charge in [-0.3, -0.25) is 4.90 Å². The van der Waals surface area contributed by atoms with Crippen molar-refractivity contribution in [3.8, 4) is 0 Å². The maximum atomic E-state index is 6.25. The van der Waals surface area contributed by atoms with E-state index in [-0.39, 0.29) is 6.10 Å². The van der Waals surface area contributed by atoms with Crippen LogP contribution >= 0.6 is 11.3 Å². The van der Waals surface area contributed by atoms with Gasteiger partial charge in [-0.1, -0.05) is 5.16 Å². The quantitative estimate of drug-likeness (QED) is 0.869. The number of hydrogen-bond donors (Lipinski definition) is 0. The number of hydrogen-bond acceptors (Lipinski definition) is 6. The molecule has 5 nitrogen and oxygen atoms in total. The van der Waals surface area contributed by atoms with Gasteiger partial charge < -0.3 is 9.26 Å². The molecule has 0 unspecified atom stereocenters. The number of likely N-dealkylation sites (tertiary alicyclic amines) is 1. The average Bonchev–Trinajstić information content (AvgIpc) is 3.21. The van der Waals surface area contributed by atoms with Crippen LogP contribution in [-0.4, -0.2) is 33.7 Å². The van der Waals surface area contributed by atoms with E-state index in [0.717, 1.165) is 32.4 Å². The molecule has 0 N–H and O–H groups in total. The SMILES string of the molecule is Cc1noc([C@H]2CC[C@@H]3[C@@H](CCN3Cc3sccc3C)O2)n1. The first-order valence-electron chi connectivity index (χ1n) is 7.93. The third kappa shape index (κ3) is 2.59. The lowest BCUT2D eigenvalue weighted by molar-refractivity contribution is -0.0831. The van der Waals surface area contributed by atoms with Crippen LogP contribution in [0.4, 0.5) is 0 Å². The summed E-state index contributed by atoms with van der Waals surface area (Å²) in [7, 11) is 0. The molecule has 0 amide bonds. The Morgan fingerprint density at radius 1 is 1.32 bits per heavy atom. The molecule has 2 aromatic rings. The Kier molecular flexibility index (Phi) is 3.76. The maximum absolute atomic E-state index is 6.25. The Morgan fingerprint density at radius 3 is 2.95 bits per heavy atom. The summed E-state index contributed by atoms with van der Waals surface area (Å²) in [6.45, 7) is 6.21. The van der Waals surface area contributed by atoms with Gasteiger partial charge in [-0.05, 0) is 50.1 Å². The van der Waals surface area contributed by atoms with Crippen molar-refractivity contribution in [1.29, 1.82) is 0 Å². The third-order valence-electron chi connectivity index (χ3n) is 4.80. The molecule has 0 bridgehead atoms. The third-order valence-corrected chi connectivity index (χ3v) is 5.80. The Hall–Kier alpha value is -1.24. The van der Waals surface area contributed by atoms with E-state index in [0.29, 0.717) is 23.9 Å². The molecular formula is C16H21N3O2S. The Labute approximate surface area is 134 Å². The molecule has 2 fully saturated rings. The van der Waals surface area contributed by atoms with E-state index in [1.807, 2.05) is 18.3 Å². The van der Waals surface area contributed by atoms with Crippen LogP contribution in [0.1, 0.15) is 47.5 Å². The second kappa shape index (κ2) is 5.76. The molecule has 2 aromatic heterocycles. The number of thiophene rings is 1. The van der Waals surface area contributed by atoms with Crippen LogP contribution in [0.15, 0.2) is 16.0 Å². The molecule has 4 heterocycles. The second-order valence-electron chi connectivity index (χ2n) is 6.27. The van der Waals surface area contributed by atoms with Crippen molar-refractivity contribution in [2.75, 3.05) is 6.54 Å². The van der Waals surface area contributed by atoms with Gasteiger partial charge in [-0.25, -0.2) is 0 Å². The van der Waals surface area contributed by atoms with Crippen molar-refractivity contribution in [3.63, 3.8) is 0 Å². The van der Waals surface area contributed by atoms with Gasteiger partial charge in [-0.15, -0.1) is 11.3 Å². The van der Waals surface area contributed by atoms with Gasteiger partial charge in [0.15, 0.2) is 5.82 Å². The van der Waals surface area contributed by atoms with E-state index in [1.165, 1.54) is 10.4 Å². The van der Waals surface area contributed by atoms with Crippen LogP contribution in [0, 0.1) is 13.8 Å². The Morgan fingerprint density at radius 2 is 2.23 bits per heavy atom. The standard InChI is InChI=1S/C16H21N3O2S/c1-10-6-8-22-15(10)9-19-7-5-13-12(19)3-4-14(20-13)16-17-11(2)18-21-16/h6,8,12-14H,3-5,7,9H2,1-2H3/t12-,13-,14-/m1/s1. The van der Waals surface area contributed by atoms with E-state index in [9.17, 15) is 0 Å². The predicted molar refractivity (Wildman–Crippen MR) is 83.8 cm³/mol. The molecule has 118 valence electrons. The fourth-order valence-corrected chi connectivity index (χ4v) is 4.52. The van der Waals surface area contributed by atoms with Crippen molar-refractivity contribution in [2.24, 2.45) is 0 Å². The molecule has 0 spiro atoms. The summed E-state index contributed by atoms with van der Waals surface area (Å²) in [5.74, 6) is 1.32. The van der Waals surface area contributed by atoms with Gasteiger partial charge in [0.05, 0.1) is 6.10 Å². The largest absolute Gasteiger partial charge is 0.363 e. The first kappa shape index (κ1) is 14.4. The number of nitrogens with zero attached hydrogens (tertiary/aromatic N) is 3. The Bertz CT molecular complexity index is 653. The van der Waals surface area contributed by atoms with Gasteiger partial charge >= 0.3 is 0 Å². The van der Waals surface area contributed by atoms with E-state index in [4.69, 9.17) is 9.26 Å². The fraction of sp³-hybridized carbons (Fsp3) is 0.625. The number of aromatic nitrogens is 2. The minimum absolute atomic E-state index is 0.0223. The lowest BCUT2D eigenvalue weighted by Gasteiger charge is -2.34. The first-order valence-corrected chi connectivity index (χ1v) is 8.81. The lowest BCUT2D eigenvalue weighted by Crippen LogP contribution is -2.40. The summed E-state index contributed by atoms with van der Waals surface area (Å²) in [5, 5.41) is 6.06.